The fourth-order valence-electron chi connectivity index (χ4n) is 1.44. The van der Waals surface area contributed by atoms with Crippen LogP contribution in [0.1, 0.15) is 5.56 Å². The third-order valence-corrected chi connectivity index (χ3v) is 4.17. The second-order valence-corrected chi connectivity index (χ2v) is 8.13. The number of halogens is 1. The van der Waals surface area contributed by atoms with Crippen LogP contribution in [0.2, 0.25) is 0 Å². The Morgan fingerprint density at radius 2 is 1.82 bits per heavy atom. The maximum absolute atomic E-state index is 11.6. The quantitative estimate of drug-likeness (QED) is 0.780. The molecule has 0 saturated heterocycles. The number of methoxy groups -OCH3 is 1. The molecule has 0 aliphatic rings. The van der Waals surface area contributed by atoms with E-state index in [4.69, 9.17) is 15.4 Å². The van der Waals surface area contributed by atoms with Crippen molar-refractivity contribution in [3.8, 4) is 5.75 Å². The third kappa shape index (κ3) is 3.86. The average Bonchev–Trinajstić information content (AvgIpc) is 2.12. The summed E-state index contributed by atoms with van der Waals surface area (Å²) in [5.41, 5.74) is 0.0989. The summed E-state index contributed by atoms with van der Waals surface area (Å²) in [4.78, 5) is -0.147. The zero-order chi connectivity index (χ0) is 13.3. The first-order valence-corrected chi connectivity index (χ1v) is 8.80. The van der Waals surface area contributed by atoms with Gasteiger partial charge in [0.2, 0.25) is 9.05 Å². The van der Waals surface area contributed by atoms with E-state index in [9.17, 15) is 16.8 Å². The molecule has 0 spiro atoms. The molecule has 96 valence electrons. The first-order chi connectivity index (χ1) is 7.65. The Morgan fingerprint density at radius 3 is 2.24 bits per heavy atom. The molecule has 0 amide bonds. The fourth-order valence-corrected chi connectivity index (χ4v) is 3.63. The van der Waals surface area contributed by atoms with Crippen LogP contribution in [-0.2, 0) is 24.6 Å². The van der Waals surface area contributed by atoms with E-state index in [1.165, 1.54) is 25.3 Å². The molecule has 1 rings (SSSR count). The lowest BCUT2D eigenvalue weighted by Crippen LogP contribution is -2.07. The van der Waals surface area contributed by atoms with E-state index in [1.807, 2.05) is 0 Å². The molecule has 17 heavy (non-hydrogen) atoms. The summed E-state index contributed by atoms with van der Waals surface area (Å²) in [5, 5.41) is 0. The van der Waals surface area contributed by atoms with E-state index >= 15 is 0 Å². The minimum atomic E-state index is -3.83. The van der Waals surface area contributed by atoms with E-state index in [2.05, 4.69) is 0 Å². The molecule has 8 heteroatoms. The van der Waals surface area contributed by atoms with Gasteiger partial charge in [-0.2, -0.15) is 0 Å². The lowest BCUT2D eigenvalue weighted by molar-refractivity contribution is 0.402. The summed E-state index contributed by atoms with van der Waals surface area (Å²) in [5.74, 6) is -0.459. The minimum absolute atomic E-state index is 0.0989. The van der Waals surface area contributed by atoms with Crippen molar-refractivity contribution in [2.24, 2.45) is 0 Å². The van der Waals surface area contributed by atoms with Gasteiger partial charge >= 0.3 is 0 Å². The van der Waals surface area contributed by atoms with Gasteiger partial charge in [-0.25, -0.2) is 16.8 Å². The van der Waals surface area contributed by atoms with Crippen LogP contribution in [0.25, 0.3) is 0 Å². The number of benzene rings is 1. The van der Waals surface area contributed by atoms with Crippen LogP contribution < -0.4 is 4.74 Å². The van der Waals surface area contributed by atoms with Crippen molar-refractivity contribution >= 4 is 29.6 Å². The molecule has 0 fully saturated rings. The van der Waals surface area contributed by atoms with Crippen molar-refractivity contribution in [1.82, 2.24) is 0 Å². The molecule has 0 bridgehead atoms. The molecule has 0 saturated carbocycles. The number of hydrogen-bond donors (Lipinski definition) is 0. The topological polar surface area (TPSA) is 77.5 Å². The summed E-state index contributed by atoms with van der Waals surface area (Å²) in [6, 6.07) is 4.34. The second kappa shape index (κ2) is 4.83. The summed E-state index contributed by atoms with van der Waals surface area (Å²) in [6.45, 7) is 0. The van der Waals surface area contributed by atoms with Crippen LogP contribution in [0.5, 0.6) is 5.75 Å². The van der Waals surface area contributed by atoms with E-state index in [1.54, 1.807) is 0 Å². The van der Waals surface area contributed by atoms with Gasteiger partial charge < -0.3 is 4.74 Å². The largest absolute Gasteiger partial charge is 0.495 e. The minimum Gasteiger partial charge on any atom is -0.495 e. The third-order valence-electron chi connectivity index (χ3n) is 1.98. The lowest BCUT2D eigenvalue weighted by Gasteiger charge is -2.11. The molecule has 0 aromatic heterocycles. The highest BCUT2D eigenvalue weighted by Crippen LogP contribution is 2.29. The Morgan fingerprint density at radius 1 is 1.24 bits per heavy atom. The molecule has 0 aliphatic carbocycles. The Balaban J connectivity index is 3.51. The SMILES string of the molecule is COc1cccc(CS(=O)(=O)Cl)c1S(C)(=O)=O. The molecular formula is C9H11ClO5S2. The molecule has 0 atom stereocenters. The maximum Gasteiger partial charge on any atom is 0.236 e. The molecule has 0 unspecified atom stereocenters. The number of hydrogen-bond acceptors (Lipinski definition) is 5. The highest BCUT2D eigenvalue weighted by molar-refractivity contribution is 8.13. The van der Waals surface area contributed by atoms with Crippen molar-refractivity contribution < 1.29 is 21.6 Å². The Hall–Kier alpha value is -0.790. The van der Waals surface area contributed by atoms with Crippen LogP contribution in [0.4, 0.5) is 0 Å². The van der Waals surface area contributed by atoms with E-state index in [0.717, 1.165) is 6.26 Å². The normalized spacial score (nSPS) is 12.4. The first kappa shape index (κ1) is 14.3. The molecule has 5 nitrogen and oxygen atoms in total. The Kier molecular flexibility index (Phi) is 4.06. The zero-order valence-corrected chi connectivity index (χ0v) is 11.6. The molecule has 0 N–H and O–H groups in total. The van der Waals surface area contributed by atoms with Crippen molar-refractivity contribution in [2.75, 3.05) is 13.4 Å². The van der Waals surface area contributed by atoms with Gasteiger partial charge in [0.1, 0.15) is 10.6 Å². The smallest absolute Gasteiger partial charge is 0.236 e. The molecule has 0 aliphatic heterocycles. The average molecular weight is 299 g/mol. The number of ether oxygens (including phenoxy) is 1. The van der Waals surface area contributed by atoms with Gasteiger partial charge in [-0.3, -0.25) is 0 Å². The summed E-state index contributed by atoms with van der Waals surface area (Å²) < 4.78 is 50.1. The Bertz CT molecular complexity index is 619. The van der Waals surface area contributed by atoms with Crippen LogP contribution >= 0.6 is 10.7 Å². The predicted octanol–water partition coefficient (Wildman–Crippen LogP) is 1.17. The highest BCUT2D eigenvalue weighted by Gasteiger charge is 2.22. The summed E-state index contributed by atoms with van der Waals surface area (Å²) >= 11 is 0. The van der Waals surface area contributed by atoms with Crippen molar-refractivity contribution in [2.45, 2.75) is 10.6 Å². The second-order valence-electron chi connectivity index (χ2n) is 3.40. The Labute approximate surface area is 105 Å². The van der Waals surface area contributed by atoms with Gasteiger partial charge in [0.15, 0.2) is 9.84 Å². The van der Waals surface area contributed by atoms with E-state index in [0.29, 0.717) is 0 Å². The van der Waals surface area contributed by atoms with Crippen LogP contribution in [-0.4, -0.2) is 30.2 Å². The standard InChI is InChI=1S/C9H11ClO5S2/c1-15-8-5-3-4-7(6-17(10,13)14)9(8)16(2,11)12/h3-5H,6H2,1-2H3. The highest BCUT2D eigenvalue weighted by atomic mass is 35.7. The first-order valence-electron chi connectivity index (χ1n) is 4.43. The van der Waals surface area contributed by atoms with Gasteiger partial charge in [0.25, 0.3) is 0 Å². The van der Waals surface area contributed by atoms with Crippen LogP contribution in [0, 0.1) is 0 Å². The number of sulfone groups is 1. The van der Waals surface area contributed by atoms with Crippen molar-refractivity contribution in [1.29, 1.82) is 0 Å². The van der Waals surface area contributed by atoms with E-state index in [-0.39, 0.29) is 16.2 Å². The van der Waals surface area contributed by atoms with Crippen molar-refractivity contribution in [3.05, 3.63) is 23.8 Å². The maximum atomic E-state index is 11.6. The fraction of sp³-hybridized carbons (Fsp3) is 0.333. The van der Waals surface area contributed by atoms with Gasteiger partial charge in [-0.1, -0.05) is 12.1 Å². The molecule has 0 heterocycles. The molecular weight excluding hydrogens is 288 g/mol. The van der Waals surface area contributed by atoms with Crippen molar-refractivity contribution in [3.63, 3.8) is 0 Å². The summed E-state index contributed by atoms with van der Waals surface area (Å²) in [7, 11) is -0.999. The van der Waals surface area contributed by atoms with E-state index < -0.39 is 24.6 Å². The molecule has 1 aromatic carbocycles. The van der Waals surface area contributed by atoms with Crippen LogP contribution in [0.3, 0.4) is 0 Å². The molecule has 1 aromatic rings. The number of rotatable bonds is 4. The van der Waals surface area contributed by atoms with Gasteiger partial charge in [-0.05, 0) is 11.6 Å². The van der Waals surface area contributed by atoms with Gasteiger partial charge in [0, 0.05) is 16.9 Å². The van der Waals surface area contributed by atoms with Gasteiger partial charge in [-0.15, -0.1) is 0 Å². The molecule has 0 radical (unpaired) electrons. The predicted molar refractivity (Wildman–Crippen MR) is 64.6 cm³/mol. The zero-order valence-electron chi connectivity index (χ0n) is 9.17. The monoisotopic (exact) mass is 298 g/mol. The van der Waals surface area contributed by atoms with Gasteiger partial charge in [0.05, 0.1) is 12.9 Å². The lowest BCUT2D eigenvalue weighted by atomic mass is 10.2. The summed E-state index contributed by atoms with van der Waals surface area (Å²) in [6.07, 6.45) is 0.981. The van der Waals surface area contributed by atoms with Crippen LogP contribution in [0.15, 0.2) is 23.1 Å².